The number of ether oxygens (including phenoxy) is 3. The van der Waals surface area contributed by atoms with E-state index < -0.39 is 12.3 Å². The van der Waals surface area contributed by atoms with Crippen molar-refractivity contribution in [1.82, 2.24) is 4.90 Å². The molecule has 5 atom stereocenters. The Bertz CT molecular complexity index is 1080. The number of anilines is 1. The smallest absolute Gasteiger partial charge is 0.303 e. The SMILES string of the molecule is COC[C@@H]1CCCN1C[C@H]1O[C@@H](c2cccc(NC(=O)CCC(=O)O)c2)O[C@@H](c2ccc(CO)cc2)[C@H]1C. The lowest BCUT2D eigenvalue weighted by Gasteiger charge is -2.43. The van der Waals surface area contributed by atoms with Crippen LogP contribution in [-0.4, -0.2) is 65.9 Å². The number of aliphatic carboxylic acids is 1. The Hall–Kier alpha value is -2.82. The van der Waals surface area contributed by atoms with Gasteiger partial charge in [-0.3, -0.25) is 14.5 Å². The highest BCUT2D eigenvalue weighted by atomic mass is 16.7. The largest absolute Gasteiger partial charge is 0.481 e. The second-order valence-corrected chi connectivity index (χ2v) is 10.1. The number of methoxy groups -OCH3 is 1. The molecular formula is C29H38N2O7. The zero-order valence-electron chi connectivity index (χ0n) is 22.0. The highest BCUT2D eigenvalue weighted by Crippen LogP contribution is 2.42. The number of amides is 1. The molecule has 0 unspecified atom stereocenters. The predicted octanol–water partition coefficient (Wildman–Crippen LogP) is 3.88. The van der Waals surface area contributed by atoms with Gasteiger partial charge >= 0.3 is 5.97 Å². The van der Waals surface area contributed by atoms with E-state index in [2.05, 4.69) is 17.1 Å². The monoisotopic (exact) mass is 526 g/mol. The van der Waals surface area contributed by atoms with Crippen LogP contribution in [0.25, 0.3) is 0 Å². The molecule has 2 aromatic carbocycles. The number of nitrogens with one attached hydrogen (secondary N) is 1. The van der Waals surface area contributed by atoms with Crippen molar-refractivity contribution < 1.29 is 34.0 Å². The molecule has 0 aromatic heterocycles. The van der Waals surface area contributed by atoms with Gasteiger partial charge in [0.15, 0.2) is 6.29 Å². The molecule has 0 spiro atoms. The second-order valence-electron chi connectivity index (χ2n) is 10.1. The summed E-state index contributed by atoms with van der Waals surface area (Å²) in [6, 6.07) is 15.5. The molecule has 0 aliphatic carbocycles. The molecule has 2 aromatic rings. The van der Waals surface area contributed by atoms with E-state index in [4.69, 9.17) is 19.3 Å². The number of carbonyl (C=O) groups excluding carboxylic acids is 1. The van der Waals surface area contributed by atoms with Crippen molar-refractivity contribution in [1.29, 1.82) is 0 Å². The van der Waals surface area contributed by atoms with Crippen LogP contribution in [0.3, 0.4) is 0 Å². The fourth-order valence-corrected chi connectivity index (χ4v) is 5.28. The van der Waals surface area contributed by atoms with Gasteiger partial charge in [0, 0.05) is 43.3 Å². The van der Waals surface area contributed by atoms with E-state index in [1.54, 1.807) is 13.2 Å². The van der Waals surface area contributed by atoms with Crippen molar-refractivity contribution >= 4 is 17.6 Å². The molecule has 1 amide bonds. The van der Waals surface area contributed by atoms with Gasteiger partial charge in [-0.15, -0.1) is 0 Å². The average molecular weight is 527 g/mol. The molecule has 0 saturated carbocycles. The summed E-state index contributed by atoms with van der Waals surface area (Å²) in [5, 5.41) is 21.1. The van der Waals surface area contributed by atoms with Gasteiger partial charge in [0.2, 0.25) is 5.91 Å². The van der Waals surface area contributed by atoms with Crippen molar-refractivity contribution in [2.75, 3.05) is 32.1 Å². The third kappa shape index (κ3) is 7.18. The molecule has 3 N–H and O–H groups in total. The topological polar surface area (TPSA) is 118 Å². The van der Waals surface area contributed by atoms with Crippen LogP contribution in [-0.2, 0) is 30.4 Å². The number of carbonyl (C=O) groups is 2. The van der Waals surface area contributed by atoms with Crippen molar-refractivity contribution in [3.05, 3.63) is 65.2 Å². The van der Waals surface area contributed by atoms with Crippen LogP contribution < -0.4 is 5.32 Å². The first-order chi connectivity index (χ1) is 18.4. The van der Waals surface area contributed by atoms with Gasteiger partial charge in [0.25, 0.3) is 0 Å². The normalized spacial score (nSPS) is 25.8. The van der Waals surface area contributed by atoms with Crippen LogP contribution in [0, 0.1) is 5.92 Å². The summed E-state index contributed by atoms with van der Waals surface area (Å²) in [5.41, 5.74) is 3.18. The number of likely N-dealkylation sites (tertiary alicyclic amines) is 1. The quantitative estimate of drug-likeness (QED) is 0.404. The summed E-state index contributed by atoms with van der Waals surface area (Å²) in [5.74, 6) is -1.31. The molecule has 9 nitrogen and oxygen atoms in total. The Balaban J connectivity index is 1.56. The number of carboxylic acid groups (broad SMARTS) is 1. The number of hydrogen-bond acceptors (Lipinski definition) is 7. The number of carboxylic acids is 1. The zero-order chi connectivity index (χ0) is 27.1. The molecule has 9 heteroatoms. The molecule has 0 radical (unpaired) electrons. The molecule has 206 valence electrons. The van der Waals surface area contributed by atoms with Crippen molar-refractivity contribution in [3.8, 4) is 0 Å². The Morgan fingerprint density at radius 3 is 2.61 bits per heavy atom. The maximum Gasteiger partial charge on any atom is 0.303 e. The summed E-state index contributed by atoms with van der Waals surface area (Å²) in [7, 11) is 1.74. The number of hydrogen-bond donors (Lipinski definition) is 3. The minimum Gasteiger partial charge on any atom is -0.481 e. The molecule has 2 heterocycles. The van der Waals surface area contributed by atoms with Gasteiger partial charge in [-0.05, 0) is 42.6 Å². The highest BCUT2D eigenvalue weighted by Gasteiger charge is 2.40. The fraction of sp³-hybridized carbons (Fsp3) is 0.517. The number of aliphatic hydroxyl groups excluding tert-OH is 1. The highest BCUT2D eigenvalue weighted by molar-refractivity contribution is 5.92. The molecule has 2 aliphatic heterocycles. The zero-order valence-corrected chi connectivity index (χ0v) is 22.0. The van der Waals surface area contributed by atoms with Gasteiger partial charge in [-0.25, -0.2) is 0 Å². The minimum absolute atomic E-state index is 0.0173. The van der Waals surface area contributed by atoms with Crippen LogP contribution in [0.5, 0.6) is 0 Å². The maximum absolute atomic E-state index is 12.2. The van der Waals surface area contributed by atoms with Gasteiger partial charge in [0.1, 0.15) is 0 Å². The standard InChI is InChI=1S/C29H38N2O7/c1-19-25(16-31-14-4-7-24(31)18-36-2)37-29(38-28(19)21-10-8-20(17-32)9-11-21)22-5-3-6-23(15-22)30-26(33)12-13-27(34)35/h3,5-6,8-11,15,19,24-25,28-29,32H,4,7,12-14,16-18H2,1-2H3,(H,30,33)(H,34,35)/t19-,24-,25+,28+,29+/m0/s1. The summed E-state index contributed by atoms with van der Waals surface area (Å²) in [6.45, 7) is 4.57. The molecule has 2 fully saturated rings. The minimum atomic E-state index is -1.01. The van der Waals surface area contributed by atoms with E-state index in [1.165, 1.54) is 0 Å². The Labute approximate surface area is 223 Å². The molecule has 2 aliphatic rings. The maximum atomic E-state index is 12.2. The summed E-state index contributed by atoms with van der Waals surface area (Å²) in [4.78, 5) is 25.4. The van der Waals surface area contributed by atoms with Crippen LogP contribution in [0.4, 0.5) is 5.69 Å². The third-order valence-electron chi connectivity index (χ3n) is 7.40. The van der Waals surface area contributed by atoms with Gasteiger partial charge in [0.05, 0.1) is 31.8 Å². The van der Waals surface area contributed by atoms with E-state index in [0.717, 1.165) is 42.6 Å². The first-order valence-electron chi connectivity index (χ1n) is 13.2. The van der Waals surface area contributed by atoms with Gasteiger partial charge in [-0.2, -0.15) is 0 Å². The lowest BCUT2D eigenvalue weighted by molar-refractivity contribution is -0.276. The van der Waals surface area contributed by atoms with E-state index in [0.29, 0.717) is 18.3 Å². The van der Waals surface area contributed by atoms with Gasteiger partial charge < -0.3 is 29.7 Å². The van der Waals surface area contributed by atoms with Crippen molar-refractivity contribution in [2.24, 2.45) is 5.92 Å². The molecule has 4 rings (SSSR count). The summed E-state index contributed by atoms with van der Waals surface area (Å²) >= 11 is 0. The lowest BCUT2D eigenvalue weighted by atomic mass is 9.90. The second kappa shape index (κ2) is 13.3. The van der Waals surface area contributed by atoms with E-state index >= 15 is 0 Å². The number of benzene rings is 2. The van der Waals surface area contributed by atoms with Gasteiger partial charge in [-0.1, -0.05) is 43.3 Å². The molecular weight excluding hydrogens is 488 g/mol. The number of nitrogens with zero attached hydrogens (tertiary/aromatic N) is 1. The first-order valence-corrected chi connectivity index (χ1v) is 13.2. The Morgan fingerprint density at radius 2 is 1.89 bits per heavy atom. The fourth-order valence-electron chi connectivity index (χ4n) is 5.28. The van der Waals surface area contributed by atoms with Crippen LogP contribution in [0.1, 0.15) is 61.7 Å². The summed E-state index contributed by atoms with van der Waals surface area (Å²) < 4.78 is 18.6. The van der Waals surface area contributed by atoms with Crippen LogP contribution in [0.15, 0.2) is 48.5 Å². The Morgan fingerprint density at radius 1 is 1.11 bits per heavy atom. The van der Waals surface area contributed by atoms with Crippen molar-refractivity contribution in [2.45, 2.75) is 63.8 Å². The summed E-state index contributed by atoms with van der Waals surface area (Å²) in [6.07, 6.45) is 0.913. The predicted molar refractivity (Wildman–Crippen MR) is 141 cm³/mol. The lowest BCUT2D eigenvalue weighted by Crippen LogP contribution is -2.46. The third-order valence-corrected chi connectivity index (χ3v) is 7.40. The Kier molecular flexibility index (Phi) is 9.87. The molecule has 0 bridgehead atoms. The van der Waals surface area contributed by atoms with E-state index in [-0.39, 0.29) is 43.5 Å². The van der Waals surface area contributed by atoms with E-state index in [1.807, 2.05) is 42.5 Å². The number of rotatable bonds is 11. The first kappa shape index (κ1) is 28.2. The molecule has 38 heavy (non-hydrogen) atoms. The molecule has 2 saturated heterocycles. The number of aliphatic hydroxyl groups is 1. The van der Waals surface area contributed by atoms with Crippen LogP contribution in [0.2, 0.25) is 0 Å². The van der Waals surface area contributed by atoms with Crippen LogP contribution >= 0.6 is 0 Å². The van der Waals surface area contributed by atoms with Crippen molar-refractivity contribution in [3.63, 3.8) is 0 Å². The average Bonchev–Trinajstić information content (AvgIpc) is 3.35. The van der Waals surface area contributed by atoms with E-state index in [9.17, 15) is 14.7 Å².